The van der Waals surface area contributed by atoms with Gasteiger partial charge in [-0.15, -0.1) is 0 Å². The maximum Gasteiger partial charge on any atom is 0.307 e. The summed E-state index contributed by atoms with van der Waals surface area (Å²) < 4.78 is 5.33. The van der Waals surface area contributed by atoms with E-state index in [9.17, 15) is 4.79 Å². The van der Waals surface area contributed by atoms with E-state index in [-0.39, 0.29) is 11.5 Å². The van der Waals surface area contributed by atoms with Crippen molar-refractivity contribution in [2.45, 2.75) is 63.3 Å². The van der Waals surface area contributed by atoms with Gasteiger partial charge in [0.25, 0.3) is 0 Å². The lowest BCUT2D eigenvalue weighted by molar-refractivity contribution is -0.146. The molecule has 3 nitrogen and oxygen atoms in total. The summed E-state index contributed by atoms with van der Waals surface area (Å²) in [6.07, 6.45) is 9.73. The van der Waals surface area contributed by atoms with Crippen LogP contribution in [0.2, 0.25) is 0 Å². The Labute approximate surface area is 97.7 Å². The van der Waals surface area contributed by atoms with E-state index >= 15 is 0 Å². The van der Waals surface area contributed by atoms with Crippen molar-refractivity contribution in [3.8, 4) is 0 Å². The van der Waals surface area contributed by atoms with Gasteiger partial charge >= 0.3 is 5.97 Å². The zero-order valence-electron chi connectivity index (χ0n) is 10.0. The van der Waals surface area contributed by atoms with E-state index in [4.69, 9.17) is 10.5 Å². The Morgan fingerprint density at radius 1 is 1.19 bits per heavy atom. The Balaban J connectivity index is 1.67. The van der Waals surface area contributed by atoms with E-state index in [1.807, 2.05) is 0 Å². The molecule has 0 amide bonds. The minimum atomic E-state index is -0.257. The molecule has 2 fully saturated rings. The van der Waals surface area contributed by atoms with Crippen molar-refractivity contribution in [2.75, 3.05) is 6.61 Å². The van der Waals surface area contributed by atoms with Gasteiger partial charge in [0.05, 0.1) is 13.0 Å². The molecule has 0 aromatic rings. The van der Waals surface area contributed by atoms with Gasteiger partial charge in [0.1, 0.15) is 0 Å². The Kier molecular flexibility index (Phi) is 3.85. The average molecular weight is 225 g/mol. The maximum atomic E-state index is 11.7. The van der Waals surface area contributed by atoms with E-state index in [1.54, 1.807) is 0 Å². The molecule has 0 bridgehead atoms. The second-order valence-corrected chi connectivity index (χ2v) is 5.58. The first-order chi connectivity index (χ1) is 7.68. The van der Waals surface area contributed by atoms with Crippen molar-refractivity contribution in [3.05, 3.63) is 0 Å². The third kappa shape index (κ3) is 3.21. The van der Waals surface area contributed by atoms with Crippen molar-refractivity contribution < 1.29 is 9.53 Å². The number of carbonyl (C=O) groups is 1. The predicted octanol–water partition coefficient (Wildman–Crippen LogP) is 2.38. The molecule has 0 aromatic heterocycles. The van der Waals surface area contributed by atoms with Crippen LogP contribution in [0.4, 0.5) is 0 Å². The summed E-state index contributed by atoms with van der Waals surface area (Å²) in [4.78, 5) is 11.7. The molecule has 2 saturated carbocycles. The highest BCUT2D eigenvalue weighted by atomic mass is 16.5. The van der Waals surface area contributed by atoms with Crippen LogP contribution in [0.5, 0.6) is 0 Å². The molecule has 16 heavy (non-hydrogen) atoms. The summed E-state index contributed by atoms with van der Waals surface area (Å²) in [5, 5.41) is 0. The van der Waals surface area contributed by atoms with Crippen LogP contribution in [0.25, 0.3) is 0 Å². The third-order valence-corrected chi connectivity index (χ3v) is 4.05. The normalized spacial score (nSPS) is 24.8. The van der Waals surface area contributed by atoms with Crippen molar-refractivity contribution in [1.29, 1.82) is 0 Å². The quantitative estimate of drug-likeness (QED) is 0.747. The molecule has 2 rings (SSSR count). The summed E-state index contributed by atoms with van der Waals surface area (Å²) in [6.45, 7) is 0.620. The van der Waals surface area contributed by atoms with E-state index in [2.05, 4.69) is 0 Å². The lowest BCUT2D eigenvalue weighted by Crippen LogP contribution is -2.39. The fraction of sp³-hybridized carbons (Fsp3) is 0.923. The molecule has 0 aromatic carbocycles. The molecule has 2 N–H and O–H groups in total. The smallest absolute Gasteiger partial charge is 0.307 e. The van der Waals surface area contributed by atoms with Gasteiger partial charge in [-0.1, -0.05) is 25.7 Å². The summed E-state index contributed by atoms with van der Waals surface area (Å²) in [5.74, 6) is 0.526. The Bertz CT molecular complexity index is 240. The van der Waals surface area contributed by atoms with Crippen LogP contribution in [0.3, 0.4) is 0 Å². The molecule has 2 aliphatic rings. The van der Waals surface area contributed by atoms with Gasteiger partial charge in [0, 0.05) is 5.54 Å². The highest BCUT2D eigenvalue weighted by molar-refractivity contribution is 5.71. The molecule has 0 aliphatic heterocycles. The minimum absolute atomic E-state index is 0.0868. The number of rotatable bonds is 4. The average Bonchev–Trinajstić information content (AvgIpc) is 2.86. The highest BCUT2D eigenvalue weighted by Gasteiger charge is 2.32. The fourth-order valence-corrected chi connectivity index (χ4v) is 2.98. The lowest BCUT2D eigenvalue weighted by atomic mass is 9.95. The lowest BCUT2D eigenvalue weighted by Gasteiger charge is -2.22. The van der Waals surface area contributed by atoms with Gasteiger partial charge in [-0.05, 0) is 31.6 Å². The van der Waals surface area contributed by atoms with E-state index in [1.165, 1.54) is 25.7 Å². The summed E-state index contributed by atoms with van der Waals surface area (Å²) >= 11 is 0. The van der Waals surface area contributed by atoms with Gasteiger partial charge in [-0.2, -0.15) is 0 Å². The Morgan fingerprint density at radius 3 is 2.44 bits per heavy atom. The van der Waals surface area contributed by atoms with Crippen LogP contribution in [-0.4, -0.2) is 18.1 Å². The SMILES string of the molecule is NC1(CC(=O)OCC2CCCC2)CCCC1. The van der Waals surface area contributed by atoms with Crippen LogP contribution < -0.4 is 5.73 Å². The molecular weight excluding hydrogens is 202 g/mol. The molecule has 0 atom stereocenters. The summed E-state index contributed by atoms with van der Waals surface area (Å²) in [6, 6.07) is 0. The zero-order chi connectivity index (χ0) is 11.4. The number of carbonyl (C=O) groups excluding carboxylic acids is 1. The van der Waals surface area contributed by atoms with E-state index < -0.39 is 0 Å². The number of nitrogens with two attached hydrogens (primary N) is 1. The molecule has 0 radical (unpaired) electrons. The Hall–Kier alpha value is -0.570. The number of ether oxygens (including phenoxy) is 1. The number of hydrogen-bond acceptors (Lipinski definition) is 3. The summed E-state index contributed by atoms with van der Waals surface area (Å²) in [5.41, 5.74) is 5.89. The molecule has 92 valence electrons. The zero-order valence-corrected chi connectivity index (χ0v) is 10.0. The van der Waals surface area contributed by atoms with Crippen molar-refractivity contribution in [2.24, 2.45) is 11.7 Å². The molecule has 2 aliphatic carbocycles. The van der Waals surface area contributed by atoms with Gasteiger partial charge in [0.2, 0.25) is 0 Å². The first-order valence-electron chi connectivity index (χ1n) is 6.62. The van der Waals surface area contributed by atoms with Crippen molar-refractivity contribution >= 4 is 5.97 Å². The molecule has 0 saturated heterocycles. The topological polar surface area (TPSA) is 52.3 Å². The molecule has 0 spiro atoms. The number of esters is 1. The molecule has 0 heterocycles. The van der Waals surface area contributed by atoms with E-state index in [0.29, 0.717) is 18.9 Å². The van der Waals surface area contributed by atoms with Gasteiger partial charge < -0.3 is 10.5 Å². The largest absolute Gasteiger partial charge is 0.465 e. The molecule has 0 unspecified atom stereocenters. The van der Waals surface area contributed by atoms with Crippen molar-refractivity contribution in [1.82, 2.24) is 0 Å². The van der Waals surface area contributed by atoms with Gasteiger partial charge in [0.15, 0.2) is 0 Å². The van der Waals surface area contributed by atoms with Crippen LogP contribution >= 0.6 is 0 Å². The number of hydrogen-bond donors (Lipinski definition) is 1. The summed E-state index contributed by atoms with van der Waals surface area (Å²) in [7, 11) is 0. The second kappa shape index (κ2) is 5.17. The molecule has 3 heteroatoms. The van der Waals surface area contributed by atoms with Crippen LogP contribution in [0.1, 0.15) is 57.8 Å². The molecular formula is C13H23NO2. The van der Waals surface area contributed by atoms with Gasteiger partial charge in [-0.25, -0.2) is 0 Å². The third-order valence-electron chi connectivity index (χ3n) is 4.05. The second-order valence-electron chi connectivity index (χ2n) is 5.58. The van der Waals surface area contributed by atoms with Crippen LogP contribution in [0, 0.1) is 5.92 Å². The van der Waals surface area contributed by atoms with Crippen LogP contribution in [0.15, 0.2) is 0 Å². The van der Waals surface area contributed by atoms with Crippen molar-refractivity contribution in [3.63, 3.8) is 0 Å². The monoisotopic (exact) mass is 225 g/mol. The fourth-order valence-electron chi connectivity index (χ4n) is 2.98. The first kappa shape index (κ1) is 11.9. The maximum absolute atomic E-state index is 11.7. The Morgan fingerprint density at radius 2 is 1.81 bits per heavy atom. The van der Waals surface area contributed by atoms with Gasteiger partial charge in [-0.3, -0.25) is 4.79 Å². The minimum Gasteiger partial charge on any atom is -0.465 e. The predicted molar refractivity (Wildman–Crippen MR) is 62.9 cm³/mol. The first-order valence-corrected chi connectivity index (χ1v) is 6.62. The van der Waals surface area contributed by atoms with E-state index in [0.717, 1.165) is 25.7 Å². The van der Waals surface area contributed by atoms with Crippen LogP contribution in [-0.2, 0) is 9.53 Å². The standard InChI is InChI=1S/C13H23NO2/c14-13(7-3-4-8-13)9-12(15)16-10-11-5-1-2-6-11/h11H,1-10,14H2. The highest BCUT2D eigenvalue weighted by Crippen LogP contribution is 2.30.